The van der Waals surface area contributed by atoms with Crippen molar-refractivity contribution in [2.75, 3.05) is 35.8 Å². The van der Waals surface area contributed by atoms with Gasteiger partial charge < -0.3 is 26.8 Å². The Hall–Kier alpha value is -2.40. The highest BCUT2D eigenvalue weighted by atomic mass is 16.3. The second-order valence-electron chi connectivity index (χ2n) is 5.61. The van der Waals surface area contributed by atoms with Gasteiger partial charge in [0.15, 0.2) is 0 Å². The van der Waals surface area contributed by atoms with E-state index in [2.05, 4.69) is 11.4 Å². The smallest absolute Gasteiger partial charge is 0.0786 e. The van der Waals surface area contributed by atoms with Crippen molar-refractivity contribution in [3.05, 3.63) is 47.5 Å². The Morgan fingerprint density at radius 1 is 1.14 bits per heavy atom. The van der Waals surface area contributed by atoms with E-state index in [0.717, 1.165) is 16.9 Å². The van der Waals surface area contributed by atoms with Gasteiger partial charge in [0.05, 0.1) is 6.10 Å². The number of rotatable bonds is 5. The van der Waals surface area contributed by atoms with Crippen molar-refractivity contribution in [1.29, 1.82) is 0 Å². The number of hydrogen-bond donors (Lipinski definition) is 4. The fourth-order valence-corrected chi connectivity index (χ4v) is 2.47. The van der Waals surface area contributed by atoms with E-state index >= 15 is 0 Å². The summed E-state index contributed by atoms with van der Waals surface area (Å²) in [5, 5.41) is 13.3. The Morgan fingerprint density at radius 3 is 2.45 bits per heavy atom. The quantitative estimate of drug-likeness (QED) is 0.638. The van der Waals surface area contributed by atoms with E-state index in [-0.39, 0.29) is 0 Å². The lowest BCUT2D eigenvalue weighted by molar-refractivity contribution is 0.199. The number of nitrogens with one attached hydrogen (secondary N) is 1. The molecule has 6 N–H and O–H groups in total. The average molecular weight is 300 g/mol. The number of benzene rings is 2. The topological polar surface area (TPSA) is 87.5 Å². The Bertz CT molecular complexity index is 653. The van der Waals surface area contributed by atoms with Gasteiger partial charge in [0.1, 0.15) is 0 Å². The summed E-state index contributed by atoms with van der Waals surface area (Å²) < 4.78 is 0. The second kappa shape index (κ2) is 6.58. The Kier molecular flexibility index (Phi) is 4.78. The van der Waals surface area contributed by atoms with Gasteiger partial charge in [-0.1, -0.05) is 6.07 Å². The van der Waals surface area contributed by atoms with Crippen LogP contribution in [0.3, 0.4) is 0 Å². The first-order valence-corrected chi connectivity index (χ1v) is 7.26. The first-order valence-electron chi connectivity index (χ1n) is 7.26. The summed E-state index contributed by atoms with van der Waals surface area (Å²) in [6.45, 7) is 2.20. The Morgan fingerprint density at radius 2 is 1.82 bits per heavy atom. The number of hydrogen-bond acceptors (Lipinski definition) is 5. The van der Waals surface area contributed by atoms with Crippen molar-refractivity contribution in [2.45, 2.75) is 19.6 Å². The summed E-state index contributed by atoms with van der Waals surface area (Å²) in [4.78, 5) is 2.04. The summed E-state index contributed by atoms with van der Waals surface area (Å²) in [5.41, 5.74) is 16.8. The summed E-state index contributed by atoms with van der Waals surface area (Å²) in [5.74, 6) is 0. The zero-order chi connectivity index (χ0) is 16.3. The molecule has 0 spiro atoms. The molecule has 0 aliphatic carbocycles. The maximum Gasteiger partial charge on any atom is 0.0786 e. The molecule has 22 heavy (non-hydrogen) atoms. The van der Waals surface area contributed by atoms with E-state index in [9.17, 15) is 5.11 Å². The van der Waals surface area contributed by atoms with Gasteiger partial charge in [-0.2, -0.15) is 0 Å². The van der Waals surface area contributed by atoms with Gasteiger partial charge in [-0.15, -0.1) is 0 Å². The molecule has 2 rings (SSSR count). The molecule has 2 aromatic carbocycles. The molecule has 118 valence electrons. The van der Waals surface area contributed by atoms with E-state index in [0.29, 0.717) is 23.5 Å². The van der Waals surface area contributed by atoms with Crippen LogP contribution in [0.5, 0.6) is 0 Å². The van der Waals surface area contributed by atoms with Crippen molar-refractivity contribution in [1.82, 2.24) is 0 Å². The molecule has 5 heteroatoms. The average Bonchev–Trinajstić information content (AvgIpc) is 2.47. The molecule has 0 aliphatic heterocycles. The van der Waals surface area contributed by atoms with Crippen LogP contribution in [0.2, 0.25) is 0 Å². The maximum atomic E-state index is 9.95. The predicted octanol–water partition coefficient (Wildman–Crippen LogP) is 2.58. The van der Waals surface area contributed by atoms with E-state index < -0.39 is 6.10 Å². The standard InChI is InChI=1S/C17H24N4O/c1-11(22)17-14(15(18)7-8-16(17)19)10-20-12-5-4-6-13(9-12)21(2)3/h4-9,11,20,22H,10,18-19H2,1-3H3. The van der Waals surface area contributed by atoms with Crippen LogP contribution in [-0.2, 0) is 6.54 Å². The van der Waals surface area contributed by atoms with Crippen molar-refractivity contribution in [2.24, 2.45) is 0 Å². The van der Waals surface area contributed by atoms with Gasteiger partial charge in [-0.25, -0.2) is 0 Å². The molecule has 1 atom stereocenters. The monoisotopic (exact) mass is 300 g/mol. The molecule has 0 heterocycles. The number of nitrogens with two attached hydrogens (primary N) is 2. The molecule has 0 bridgehead atoms. The molecular weight excluding hydrogens is 276 g/mol. The number of aliphatic hydroxyl groups excluding tert-OH is 1. The number of anilines is 4. The molecule has 1 unspecified atom stereocenters. The molecule has 0 aromatic heterocycles. The highest BCUT2D eigenvalue weighted by Crippen LogP contribution is 2.30. The maximum absolute atomic E-state index is 9.95. The molecule has 0 amide bonds. The molecule has 0 saturated carbocycles. The van der Waals surface area contributed by atoms with Crippen LogP contribution in [0.25, 0.3) is 0 Å². The van der Waals surface area contributed by atoms with Crippen LogP contribution in [0.1, 0.15) is 24.2 Å². The van der Waals surface area contributed by atoms with Gasteiger partial charge >= 0.3 is 0 Å². The van der Waals surface area contributed by atoms with Gasteiger partial charge in [0, 0.05) is 54.5 Å². The van der Waals surface area contributed by atoms with Crippen molar-refractivity contribution < 1.29 is 5.11 Å². The predicted molar refractivity (Wildman–Crippen MR) is 94.0 cm³/mol. The summed E-state index contributed by atoms with van der Waals surface area (Å²) >= 11 is 0. The Balaban J connectivity index is 2.25. The van der Waals surface area contributed by atoms with E-state index in [1.54, 1.807) is 19.1 Å². The first kappa shape index (κ1) is 16.0. The van der Waals surface area contributed by atoms with Crippen LogP contribution in [0, 0.1) is 0 Å². The van der Waals surface area contributed by atoms with Crippen molar-refractivity contribution >= 4 is 22.7 Å². The minimum absolute atomic E-state index is 0.508. The van der Waals surface area contributed by atoms with Crippen LogP contribution < -0.4 is 21.7 Å². The van der Waals surface area contributed by atoms with Gasteiger partial charge in [-0.05, 0) is 37.3 Å². The fraction of sp³-hybridized carbons (Fsp3) is 0.294. The van der Waals surface area contributed by atoms with Crippen molar-refractivity contribution in [3.63, 3.8) is 0 Å². The van der Waals surface area contributed by atoms with Gasteiger partial charge in [0.2, 0.25) is 0 Å². The highest BCUT2D eigenvalue weighted by molar-refractivity contribution is 5.64. The minimum atomic E-state index is -0.659. The fourth-order valence-electron chi connectivity index (χ4n) is 2.47. The lowest BCUT2D eigenvalue weighted by Crippen LogP contribution is -2.12. The van der Waals surface area contributed by atoms with Gasteiger partial charge in [-0.3, -0.25) is 0 Å². The molecule has 5 nitrogen and oxygen atoms in total. The van der Waals surface area contributed by atoms with E-state index in [1.807, 2.05) is 37.2 Å². The highest BCUT2D eigenvalue weighted by Gasteiger charge is 2.14. The van der Waals surface area contributed by atoms with Crippen LogP contribution in [0.4, 0.5) is 22.7 Å². The van der Waals surface area contributed by atoms with Crippen LogP contribution >= 0.6 is 0 Å². The number of aliphatic hydroxyl groups is 1. The van der Waals surface area contributed by atoms with Crippen LogP contribution in [0.15, 0.2) is 36.4 Å². The van der Waals surface area contributed by atoms with Crippen molar-refractivity contribution in [3.8, 4) is 0 Å². The molecular formula is C17H24N4O. The van der Waals surface area contributed by atoms with Gasteiger partial charge in [0.25, 0.3) is 0 Å². The molecule has 2 aromatic rings. The molecule has 0 radical (unpaired) electrons. The third-order valence-corrected chi connectivity index (χ3v) is 3.68. The zero-order valence-electron chi connectivity index (χ0n) is 13.3. The minimum Gasteiger partial charge on any atom is -0.398 e. The summed E-state index contributed by atoms with van der Waals surface area (Å²) in [6.07, 6.45) is -0.659. The van der Waals surface area contributed by atoms with Crippen LogP contribution in [-0.4, -0.2) is 19.2 Å². The third kappa shape index (κ3) is 3.43. The SMILES string of the molecule is CC(O)c1c(N)ccc(N)c1CNc1cccc(N(C)C)c1. The lowest BCUT2D eigenvalue weighted by atomic mass is 9.99. The Labute approximate surface area is 131 Å². The number of nitrogen functional groups attached to an aromatic ring is 2. The zero-order valence-corrected chi connectivity index (χ0v) is 13.3. The van der Waals surface area contributed by atoms with E-state index in [1.165, 1.54) is 0 Å². The second-order valence-corrected chi connectivity index (χ2v) is 5.61. The lowest BCUT2D eigenvalue weighted by Gasteiger charge is -2.19. The summed E-state index contributed by atoms with van der Waals surface area (Å²) in [6, 6.07) is 11.6. The molecule has 0 fully saturated rings. The molecule has 0 saturated heterocycles. The van der Waals surface area contributed by atoms with E-state index in [4.69, 9.17) is 11.5 Å². The third-order valence-electron chi connectivity index (χ3n) is 3.68. The number of nitrogens with zero attached hydrogens (tertiary/aromatic N) is 1. The largest absolute Gasteiger partial charge is 0.398 e. The normalized spacial score (nSPS) is 12.0. The molecule has 0 aliphatic rings. The summed E-state index contributed by atoms with van der Waals surface area (Å²) in [7, 11) is 4.00. The first-order chi connectivity index (χ1) is 10.4.